The fourth-order valence-electron chi connectivity index (χ4n) is 1.35. The molecule has 1 aromatic carbocycles. The van der Waals surface area contributed by atoms with Crippen molar-refractivity contribution in [2.75, 3.05) is 0 Å². The molecule has 1 saturated carbocycles. The third kappa shape index (κ3) is 3.02. The van der Waals surface area contributed by atoms with Crippen LogP contribution in [0.5, 0.6) is 0 Å². The molecule has 2 rings (SSSR count). The molecule has 2 heteroatoms. The molecule has 0 aromatic heterocycles. The predicted octanol–water partition coefficient (Wildman–Crippen LogP) is 2.67. The van der Waals surface area contributed by atoms with E-state index in [0.717, 1.165) is 12.6 Å². The number of aryl methyl sites for hydroxylation is 1. The zero-order valence-electron chi connectivity index (χ0n) is 7.92. The van der Waals surface area contributed by atoms with E-state index in [4.69, 9.17) is 0 Å². The number of hydrogen-bond acceptors (Lipinski definition) is 1. The van der Waals surface area contributed by atoms with Gasteiger partial charge in [-0.05, 0) is 30.9 Å². The molecule has 1 aliphatic carbocycles. The summed E-state index contributed by atoms with van der Waals surface area (Å²) in [6, 6.07) is 9.38. The van der Waals surface area contributed by atoms with Crippen molar-refractivity contribution in [2.24, 2.45) is 0 Å². The van der Waals surface area contributed by atoms with E-state index in [0.29, 0.717) is 0 Å². The second-order valence-electron chi connectivity index (χ2n) is 3.58. The van der Waals surface area contributed by atoms with Crippen LogP contribution in [0.4, 0.5) is 0 Å². The molecule has 0 heterocycles. The quantitative estimate of drug-likeness (QED) is 0.786. The third-order valence-corrected chi connectivity index (χ3v) is 2.42. The van der Waals surface area contributed by atoms with Crippen LogP contribution in [-0.2, 0) is 6.54 Å². The van der Waals surface area contributed by atoms with Gasteiger partial charge in [-0.2, -0.15) is 0 Å². The van der Waals surface area contributed by atoms with E-state index in [1.807, 2.05) is 0 Å². The van der Waals surface area contributed by atoms with E-state index in [1.165, 1.54) is 24.0 Å². The predicted molar refractivity (Wildman–Crippen MR) is 58.3 cm³/mol. The van der Waals surface area contributed by atoms with E-state index in [-0.39, 0.29) is 12.4 Å². The molecule has 1 aliphatic rings. The molecule has 0 bridgehead atoms. The summed E-state index contributed by atoms with van der Waals surface area (Å²) in [4.78, 5) is 0. The Morgan fingerprint density at radius 2 is 2.00 bits per heavy atom. The molecule has 0 amide bonds. The number of rotatable bonds is 3. The Labute approximate surface area is 86.0 Å². The Balaban J connectivity index is 0.000000845. The van der Waals surface area contributed by atoms with Gasteiger partial charge < -0.3 is 5.32 Å². The van der Waals surface area contributed by atoms with E-state index >= 15 is 0 Å². The van der Waals surface area contributed by atoms with Crippen LogP contribution in [0.15, 0.2) is 24.3 Å². The van der Waals surface area contributed by atoms with Gasteiger partial charge in [0.25, 0.3) is 0 Å². The molecular formula is C11H16ClN. The Kier molecular flexibility index (Phi) is 3.76. The summed E-state index contributed by atoms with van der Waals surface area (Å²) >= 11 is 0. The average Bonchev–Trinajstić information content (AvgIpc) is 2.86. The topological polar surface area (TPSA) is 12.0 Å². The lowest BCUT2D eigenvalue weighted by Crippen LogP contribution is -2.15. The summed E-state index contributed by atoms with van der Waals surface area (Å²) in [7, 11) is 0. The van der Waals surface area contributed by atoms with Crippen LogP contribution >= 0.6 is 12.4 Å². The van der Waals surface area contributed by atoms with Crippen LogP contribution in [0.3, 0.4) is 0 Å². The Bertz CT molecular complexity index is 269. The van der Waals surface area contributed by atoms with Crippen LogP contribution in [0.1, 0.15) is 24.0 Å². The van der Waals surface area contributed by atoms with Gasteiger partial charge in [-0.15, -0.1) is 12.4 Å². The molecular weight excluding hydrogens is 182 g/mol. The van der Waals surface area contributed by atoms with Crippen molar-refractivity contribution in [1.82, 2.24) is 5.32 Å². The van der Waals surface area contributed by atoms with Crippen molar-refractivity contribution in [1.29, 1.82) is 0 Å². The Morgan fingerprint density at radius 1 is 1.31 bits per heavy atom. The molecule has 0 radical (unpaired) electrons. The van der Waals surface area contributed by atoms with Gasteiger partial charge in [0, 0.05) is 12.6 Å². The highest BCUT2D eigenvalue weighted by atomic mass is 35.5. The van der Waals surface area contributed by atoms with Gasteiger partial charge in [0.1, 0.15) is 0 Å². The van der Waals surface area contributed by atoms with E-state index in [1.54, 1.807) is 0 Å². The molecule has 1 nitrogen and oxygen atoms in total. The van der Waals surface area contributed by atoms with Crippen molar-refractivity contribution < 1.29 is 0 Å². The van der Waals surface area contributed by atoms with Crippen molar-refractivity contribution >= 4 is 12.4 Å². The Hall–Kier alpha value is -0.530. The molecule has 0 saturated heterocycles. The normalized spacial score (nSPS) is 15.2. The standard InChI is InChI=1S/C11H15N.ClH/c1-9-4-2-3-5-10(9)8-12-11-6-7-11;/h2-5,11-12H,6-8H2,1H3;1H. The second kappa shape index (κ2) is 4.64. The Morgan fingerprint density at radius 3 is 2.62 bits per heavy atom. The van der Waals surface area contributed by atoms with Gasteiger partial charge in [-0.1, -0.05) is 24.3 Å². The molecule has 0 aliphatic heterocycles. The minimum absolute atomic E-state index is 0. The lowest BCUT2D eigenvalue weighted by molar-refractivity contribution is 0.685. The lowest BCUT2D eigenvalue weighted by atomic mass is 10.1. The molecule has 0 atom stereocenters. The first-order valence-corrected chi connectivity index (χ1v) is 4.64. The summed E-state index contributed by atoms with van der Waals surface area (Å²) in [5, 5.41) is 3.51. The van der Waals surface area contributed by atoms with Gasteiger partial charge in [-0.25, -0.2) is 0 Å². The zero-order chi connectivity index (χ0) is 8.39. The fraction of sp³-hybridized carbons (Fsp3) is 0.455. The average molecular weight is 198 g/mol. The number of halogens is 1. The highest BCUT2D eigenvalue weighted by Crippen LogP contribution is 2.19. The highest BCUT2D eigenvalue weighted by Gasteiger charge is 2.19. The maximum Gasteiger partial charge on any atom is 0.0210 e. The first-order chi connectivity index (χ1) is 5.86. The van der Waals surface area contributed by atoms with Crippen LogP contribution in [0.25, 0.3) is 0 Å². The maximum atomic E-state index is 3.51. The monoisotopic (exact) mass is 197 g/mol. The zero-order valence-corrected chi connectivity index (χ0v) is 8.73. The fourth-order valence-corrected chi connectivity index (χ4v) is 1.35. The van der Waals surface area contributed by atoms with Crippen LogP contribution < -0.4 is 5.32 Å². The second-order valence-corrected chi connectivity index (χ2v) is 3.58. The van der Waals surface area contributed by atoms with Gasteiger partial charge in [0.2, 0.25) is 0 Å². The number of hydrogen-bond donors (Lipinski definition) is 1. The lowest BCUT2D eigenvalue weighted by Gasteiger charge is -2.05. The third-order valence-electron chi connectivity index (χ3n) is 2.42. The molecule has 13 heavy (non-hydrogen) atoms. The van der Waals surface area contributed by atoms with Crippen molar-refractivity contribution in [3.8, 4) is 0 Å². The molecule has 72 valence electrons. The van der Waals surface area contributed by atoms with Crippen LogP contribution in [-0.4, -0.2) is 6.04 Å². The van der Waals surface area contributed by atoms with Crippen LogP contribution in [0, 0.1) is 6.92 Å². The van der Waals surface area contributed by atoms with Gasteiger partial charge in [-0.3, -0.25) is 0 Å². The molecule has 0 spiro atoms. The molecule has 1 fully saturated rings. The van der Waals surface area contributed by atoms with Crippen molar-refractivity contribution in [2.45, 2.75) is 32.4 Å². The van der Waals surface area contributed by atoms with E-state index in [2.05, 4.69) is 36.5 Å². The summed E-state index contributed by atoms with van der Waals surface area (Å²) in [5.74, 6) is 0. The minimum atomic E-state index is 0. The van der Waals surface area contributed by atoms with Crippen molar-refractivity contribution in [3.05, 3.63) is 35.4 Å². The maximum absolute atomic E-state index is 3.51. The summed E-state index contributed by atoms with van der Waals surface area (Å²) in [6.07, 6.45) is 2.73. The van der Waals surface area contributed by atoms with Gasteiger partial charge in [0.15, 0.2) is 0 Å². The summed E-state index contributed by atoms with van der Waals surface area (Å²) in [6.45, 7) is 3.21. The van der Waals surface area contributed by atoms with Crippen LogP contribution in [0.2, 0.25) is 0 Å². The molecule has 1 N–H and O–H groups in total. The first-order valence-electron chi connectivity index (χ1n) is 4.64. The van der Waals surface area contributed by atoms with Gasteiger partial charge in [0.05, 0.1) is 0 Å². The number of benzene rings is 1. The highest BCUT2D eigenvalue weighted by molar-refractivity contribution is 5.85. The summed E-state index contributed by atoms with van der Waals surface area (Å²) in [5.41, 5.74) is 2.83. The van der Waals surface area contributed by atoms with Gasteiger partial charge >= 0.3 is 0 Å². The largest absolute Gasteiger partial charge is 0.310 e. The van der Waals surface area contributed by atoms with E-state index < -0.39 is 0 Å². The smallest absolute Gasteiger partial charge is 0.0210 e. The summed E-state index contributed by atoms with van der Waals surface area (Å²) < 4.78 is 0. The SMILES string of the molecule is Cc1ccccc1CNC1CC1.Cl. The van der Waals surface area contributed by atoms with Crippen molar-refractivity contribution in [3.63, 3.8) is 0 Å². The molecule has 1 aromatic rings. The molecule has 0 unspecified atom stereocenters. The minimum Gasteiger partial charge on any atom is -0.310 e. The number of nitrogens with one attached hydrogen (secondary N) is 1. The van der Waals surface area contributed by atoms with E-state index in [9.17, 15) is 0 Å². The first kappa shape index (κ1) is 10.6.